The van der Waals surface area contributed by atoms with Gasteiger partial charge in [-0.05, 0) is 30.4 Å². The van der Waals surface area contributed by atoms with Crippen LogP contribution < -0.4 is 5.32 Å². The Balaban J connectivity index is 2.52. The van der Waals surface area contributed by atoms with E-state index < -0.39 is 0 Å². The van der Waals surface area contributed by atoms with Gasteiger partial charge in [-0.15, -0.1) is 0 Å². The van der Waals surface area contributed by atoms with Gasteiger partial charge in [0.15, 0.2) is 0 Å². The van der Waals surface area contributed by atoms with Crippen molar-refractivity contribution in [1.82, 2.24) is 0 Å². The zero-order valence-electron chi connectivity index (χ0n) is 8.96. The van der Waals surface area contributed by atoms with E-state index in [9.17, 15) is 5.11 Å². The van der Waals surface area contributed by atoms with Gasteiger partial charge in [0.2, 0.25) is 0 Å². The number of fused-ring (bicyclic) bond motifs is 1. The molecule has 1 aromatic carbocycles. The van der Waals surface area contributed by atoms with Gasteiger partial charge in [-0.1, -0.05) is 19.9 Å². The van der Waals surface area contributed by atoms with Gasteiger partial charge in [0.1, 0.15) is 5.75 Å². The van der Waals surface area contributed by atoms with Crippen molar-refractivity contribution >= 4 is 5.69 Å². The van der Waals surface area contributed by atoms with E-state index in [0.29, 0.717) is 11.8 Å². The Labute approximate surface area is 85.0 Å². The van der Waals surface area contributed by atoms with Crippen LogP contribution in [0.2, 0.25) is 0 Å². The van der Waals surface area contributed by atoms with Crippen molar-refractivity contribution in [2.45, 2.75) is 38.6 Å². The molecule has 1 heterocycles. The van der Waals surface area contributed by atoms with Crippen LogP contribution in [0.1, 0.15) is 32.8 Å². The standard InChI is InChI=1S/C12H17NO/c1-8-7-12(2,3)10-5-4-9(14)6-11(10)13-8/h4-6,8,13-14H,7H2,1-3H3. The van der Waals surface area contributed by atoms with E-state index in [1.165, 1.54) is 5.56 Å². The van der Waals surface area contributed by atoms with Crippen LogP contribution in [-0.2, 0) is 5.41 Å². The quantitative estimate of drug-likeness (QED) is 0.661. The molecule has 0 aromatic heterocycles. The fourth-order valence-corrected chi connectivity index (χ4v) is 2.43. The van der Waals surface area contributed by atoms with E-state index in [2.05, 4.69) is 26.1 Å². The van der Waals surface area contributed by atoms with Crippen LogP contribution in [0, 0.1) is 0 Å². The number of hydrogen-bond acceptors (Lipinski definition) is 2. The highest BCUT2D eigenvalue weighted by Crippen LogP contribution is 2.40. The van der Waals surface area contributed by atoms with E-state index in [0.717, 1.165) is 12.1 Å². The molecule has 0 bridgehead atoms. The van der Waals surface area contributed by atoms with Crippen molar-refractivity contribution in [1.29, 1.82) is 0 Å². The van der Waals surface area contributed by atoms with Gasteiger partial charge in [0, 0.05) is 17.8 Å². The highest BCUT2D eigenvalue weighted by molar-refractivity contribution is 5.60. The molecule has 2 N–H and O–H groups in total. The number of hydrogen-bond donors (Lipinski definition) is 2. The minimum absolute atomic E-state index is 0.202. The molecule has 0 saturated heterocycles. The molecule has 0 radical (unpaired) electrons. The van der Waals surface area contributed by atoms with E-state index in [-0.39, 0.29) is 5.41 Å². The summed E-state index contributed by atoms with van der Waals surface area (Å²) in [6, 6.07) is 6.06. The van der Waals surface area contributed by atoms with Crippen molar-refractivity contribution < 1.29 is 5.11 Å². The third kappa shape index (κ3) is 1.45. The SMILES string of the molecule is CC1CC(C)(C)c2ccc(O)cc2N1. The summed E-state index contributed by atoms with van der Waals surface area (Å²) in [6.07, 6.45) is 1.13. The molecular formula is C12H17NO. The molecule has 0 saturated carbocycles. The van der Waals surface area contributed by atoms with Crippen LogP contribution in [0.25, 0.3) is 0 Å². The minimum atomic E-state index is 0.202. The van der Waals surface area contributed by atoms with Crippen molar-refractivity contribution in [2.75, 3.05) is 5.32 Å². The maximum Gasteiger partial charge on any atom is 0.117 e. The van der Waals surface area contributed by atoms with Crippen LogP contribution in [0.5, 0.6) is 5.75 Å². The fraction of sp³-hybridized carbons (Fsp3) is 0.500. The maximum absolute atomic E-state index is 9.40. The highest BCUT2D eigenvalue weighted by Gasteiger charge is 2.30. The Bertz CT molecular complexity index is 357. The molecule has 1 aromatic rings. The number of anilines is 1. The summed E-state index contributed by atoms with van der Waals surface area (Å²) >= 11 is 0. The minimum Gasteiger partial charge on any atom is -0.508 e. The molecular weight excluding hydrogens is 174 g/mol. The number of phenols is 1. The molecule has 1 aliphatic heterocycles. The van der Waals surface area contributed by atoms with Gasteiger partial charge >= 0.3 is 0 Å². The average Bonchev–Trinajstić information content (AvgIpc) is 2.00. The van der Waals surface area contributed by atoms with Crippen LogP contribution in [0.3, 0.4) is 0 Å². The summed E-state index contributed by atoms with van der Waals surface area (Å²) in [5, 5.41) is 12.8. The molecule has 1 aliphatic rings. The van der Waals surface area contributed by atoms with Gasteiger partial charge in [-0.3, -0.25) is 0 Å². The van der Waals surface area contributed by atoms with Crippen LogP contribution in [0.15, 0.2) is 18.2 Å². The summed E-state index contributed by atoms with van der Waals surface area (Å²) in [7, 11) is 0. The molecule has 0 amide bonds. The fourth-order valence-electron chi connectivity index (χ4n) is 2.43. The molecule has 0 aliphatic carbocycles. The monoisotopic (exact) mass is 191 g/mol. The topological polar surface area (TPSA) is 32.3 Å². The Hall–Kier alpha value is -1.18. The van der Waals surface area contributed by atoms with Gasteiger partial charge in [0.05, 0.1) is 0 Å². The molecule has 2 heteroatoms. The van der Waals surface area contributed by atoms with E-state index in [4.69, 9.17) is 0 Å². The lowest BCUT2D eigenvalue weighted by atomic mass is 9.76. The van der Waals surface area contributed by atoms with Crippen LogP contribution in [-0.4, -0.2) is 11.1 Å². The van der Waals surface area contributed by atoms with Gasteiger partial charge in [0.25, 0.3) is 0 Å². The first-order valence-corrected chi connectivity index (χ1v) is 5.09. The second-order valence-electron chi connectivity index (χ2n) is 4.86. The highest BCUT2D eigenvalue weighted by atomic mass is 16.3. The first-order valence-electron chi connectivity index (χ1n) is 5.09. The number of aromatic hydroxyl groups is 1. The predicted octanol–water partition coefficient (Wildman–Crippen LogP) is 2.87. The van der Waals surface area contributed by atoms with E-state index >= 15 is 0 Å². The Morgan fingerprint density at radius 1 is 1.43 bits per heavy atom. The lowest BCUT2D eigenvalue weighted by molar-refractivity contribution is 0.431. The van der Waals surface area contributed by atoms with Crippen molar-refractivity contribution in [3.63, 3.8) is 0 Å². The molecule has 2 nitrogen and oxygen atoms in total. The largest absolute Gasteiger partial charge is 0.508 e. The lowest BCUT2D eigenvalue weighted by Gasteiger charge is -2.37. The van der Waals surface area contributed by atoms with Gasteiger partial charge < -0.3 is 10.4 Å². The molecule has 14 heavy (non-hydrogen) atoms. The normalized spacial score (nSPS) is 23.8. The zero-order chi connectivity index (χ0) is 10.3. The molecule has 1 atom stereocenters. The first kappa shape index (κ1) is 9.38. The average molecular weight is 191 g/mol. The van der Waals surface area contributed by atoms with E-state index in [1.54, 1.807) is 6.07 Å². The number of rotatable bonds is 0. The summed E-state index contributed by atoms with van der Waals surface area (Å²) < 4.78 is 0. The molecule has 1 unspecified atom stereocenters. The third-order valence-electron chi connectivity index (χ3n) is 2.95. The maximum atomic E-state index is 9.40. The number of nitrogens with one attached hydrogen (secondary N) is 1. The Kier molecular flexibility index (Phi) is 1.95. The lowest BCUT2D eigenvalue weighted by Crippen LogP contribution is -2.34. The van der Waals surface area contributed by atoms with E-state index in [1.807, 2.05) is 12.1 Å². The Morgan fingerprint density at radius 2 is 2.14 bits per heavy atom. The van der Waals surface area contributed by atoms with Crippen molar-refractivity contribution in [2.24, 2.45) is 0 Å². The Morgan fingerprint density at radius 3 is 2.86 bits per heavy atom. The molecule has 76 valence electrons. The summed E-state index contributed by atoms with van der Waals surface area (Å²) in [5.74, 6) is 0.334. The molecule has 2 rings (SSSR count). The third-order valence-corrected chi connectivity index (χ3v) is 2.95. The predicted molar refractivity (Wildman–Crippen MR) is 58.8 cm³/mol. The number of phenolic OH excluding ortho intramolecular Hbond substituents is 1. The van der Waals surface area contributed by atoms with Gasteiger partial charge in [-0.25, -0.2) is 0 Å². The molecule has 0 spiro atoms. The summed E-state index contributed by atoms with van der Waals surface area (Å²) in [5.41, 5.74) is 2.58. The summed E-state index contributed by atoms with van der Waals surface area (Å²) in [6.45, 7) is 6.68. The van der Waals surface area contributed by atoms with Crippen LogP contribution in [0.4, 0.5) is 5.69 Å². The number of benzene rings is 1. The molecule has 0 fully saturated rings. The zero-order valence-corrected chi connectivity index (χ0v) is 8.96. The van der Waals surface area contributed by atoms with Crippen molar-refractivity contribution in [3.8, 4) is 5.75 Å². The second kappa shape index (κ2) is 2.91. The van der Waals surface area contributed by atoms with Crippen molar-refractivity contribution in [3.05, 3.63) is 23.8 Å². The smallest absolute Gasteiger partial charge is 0.117 e. The second-order valence-corrected chi connectivity index (χ2v) is 4.86. The van der Waals surface area contributed by atoms with Crippen LogP contribution >= 0.6 is 0 Å². The summed E-state index contributed by atoms with van der Waals surface area (Å²) in [4.78, 5) is 0. The van der Waals surface area contributed by atoms with Gasteiger partial charge in [-0.2, -0.15) is 0 Å². The first-order chi connectivity index (χ1) is 6.49.